The van der Waals surface area contributed by atoms with Gasteiger partial charge in [-0.15, -0.1) is 0 Å². The van der Waals surface area contributed by atoms with Crippen LogP contribution in [0.1, 0.15) is 38.8 Å². The van der Waals surface area contributed by atoms with Crippen molar-refractivity contribution >= 4 is 21.6 Å². The minimum Gasteiger partial charge on any atom is -0.366 e. The summed E-state index contributed by atoms with van der Waals surface area (Å²) in [5.74, 6) is 0. The van der Waals surface area contributed by atoms with Crippen LogP contribution in [0, 0.1) is 0 Å². The van der Waals surface area contributed by atoms with Crippen molar-refractivity contribution in [2.45, 2.75) is 46.2 Å². The van der Waals surface area contributed by atoms with Gasteiger partial charge in [0, 0.05) is 23.0 Å². The van der Waals surface area contributed by atoms with Gasteiger partial charge >= 0.3 is 0 Å². The zero-order valence-electron chi connectivity index (χ0n) is 13.2. The molecule has 0 aromatic heterocycles. The minimum atomic E-state index is 0.483. The molecule has 0 heterocycles. The lowest BCUT2D eigenvalue weighted by Crippen LogP contribution is -2.38. The van der Waals surface area contributed by atoms with E-state index in [0.717, 1.165) is 6.42 Å². The molecule has 0 amide bonds. The van der Waals surface area contributed by atoms with Crippen molar-refractivity contribution in [3.05, 3.63) is 52.0 Å². The van der Waals surface area contributed by atoms with Gasteiger partial charge in [0.15, 0.2) is 0 Å². The average Bonchev–Trinajstić information content (AvgIpc) is 2.79. The van der Waals surface area contributed by atoms with Gasteiger partial charge in [0.05, 0.1) is 5.69 Å². The standard InChI is InChI=1S/C19H22BrN/c1-12(2)21(13(3)4)19-17-11-14-7-5-6-8-15(14)16(17)9-10-18(19)20/h5-10,12-13H,11H2,1-4H3. The topological polar surface area (TPSA) is 3.24 Å². The summed E-state index contributed by atoms with van der Waals surface area (Å²) >= 11 is 3.79. The Kier molecular flexibility index (Phi) is 3.83. The van der Waals surface area contributed by atoms with Crippen molar-refractivity contribution in [2.75, 3.05) is 4.90 Å². The summed E-state index contributed by atoms with van der Waals surface area (Å²) in [7, 11) is 0. The van der Waals surface area contributed by atoms with E-state index in [1.165, 1.54) is 32.4 Å². The number of fused-ring (bicyclic) bond motifs is 3. The third-order valence-corrected chi connectivity index (χ3v) is 4.92. The Balaban J connectivity index is 2.20. The normalized spacial score (nSPS) is 12.7. The van der Waals surface area contributed by atoms with Crippen LogP contribution in [0.5, 0.6) is 0 Å². The molecule has 0 saturated carbocycles. The molecular formula is C19H22BrN. The lowest BCUT2D eigenvalue weighted by Gasteiger charge is -2.35. The zero-order valence-corrected chi connectivity index (χ0v) is 14.7. The molecule has 0 aliphatic heterocycles. The molecular weight excluding hydrogens is 322 g/mol. The summed E-state index contributed by atoms with van der Waals surface area (Å²) in [4.78, 5) is 2.52. The van der Waals surface area contributed by atoms with Crippen molar-refractivity contribution < 1.29 is 0 Å². The summed E-state index contributed by atoms with van der Waals surface area (Å²) in [5.41, 5.74) is 7.07. The minimum absolute atomic E-state index is 0.483. The number of benzene rings is 2. The SMILES string of the molecule is CC(C)N(c1c(Br)ccc2c1Cc1ccccc1-2)C(C)C. The molecule has 21 heavy (non-hydrogen) atoms. The fourth-order valence-corrected chi connectivity index (χ4v) is 4.13. The zero-order chi connectivity index (χ0) is 15.1. The molecule has 0 radical (unpaired) electrons. The van der Waals surface area contributed by atoms with Gasteiger partial charge in [0.2, 0.25) is 0 Å². The second-order valence-corrected chi connectivity index (χ2v) is 7.21. The molecule has 0 atom stereocenters. The summed E-state index contributed by atoms with van der Waals surface area (Å²) in [6.45, 7) is 9.09. The van der Waals surface area contributed by atoms with Crippen molar-refractivity contribution in [3.8, 4) is 11.1 Å². The van der Waals surface area contributed by atoms with E-state index in [4.69, 9.17) is 0 Å². The molecule has 0 fully saturated rings. The maximum atomic E-state index is 3.79. The molecule has 0 bridgehead atoms. The van der Waals surface area contributed by atoms with Crippen LogP contribution in [0.4, 0.5) is 5.69 Å². The molecule has 0 N–H and O–H groups in total. The van der Waals surface area contributed by atoms with Gasteiger partial charge in [0.1, 0.15) is 0 Å². The molecule has 3 rings (SSSR count). The smallest absolute Gasteiger partial charge is 0.0557 e. The van der Waals surface area contributed by atoms with Crippen LogP contribution in [0.2, 0.25) is 0 Å². The van der Waals surface area contributed by atoms with E-state index in [-0.39, 0.29) is 0 Å². The second kappa shape index (κ2) is 5.49. The Bertz CT molecular complexity index is 665. The van der Waals surface area contributed by atoms with Crippen LogP contribution in [0.25, 0.3) is 11.1 Å². The fraction of sp³-hybridized carbons (Fsp3) is 0.368. The van der Waals surface area contributed by atoms with E-state index in [0.29, 0.717) is 12.1 Å². The quantitative estimate of drug-likeness (QED) is 0.594. The number of halogens is 1. The Morgan fingerprint density at radius 1 is 0.905 bits per heavy atom. The number of rotatable bonds is 3. The first kappa shape index (κ1) is 14.6. The number of hydrogen-bond donors (Lipinski definition) is 0. The molecule has 2 aromatic rings. The molecule has 1 nitrogen and oxygen atoms in total. The first-order valence-corrected chi connectivity index (χ1v) is 8.48. The number of hydrogen-bond acceptors (Lipinski definition) is 1. The van der Waals surface area contributed by atoms with E-state index in [1.54, 1.807) is 0 Å². The Labute approximate surface area is 136 Å². The number of anilines is 1. The molecule has 1 aliphatic carbocycles. The summed E-state index contributed by atoms with van der Waals surface area (Å²) < 4.78 is 1.21. The largest absolute Gasteiger partial charge is 0.366 e. The van der Waals surface area contributed by atoms with E-state index >= 15 is 0 Å². The highest BCUT2D eigenvalue weighted by atomic mass is 79.9. The number of nitrogens with zero attached hydrogens (tertiary/aromatic N) is 1. The van der Waals surface area contributed by atoms with E-state index < -0.39 is 0 Å². The lowest BCUT2D eigenvalue weighted by molar-refractivity contribution is 0.605. The third kappa shape index (κ3) is 2.40. The van der Waals surface area contributed by atoms with Gasteiger partial charge in [-0.3, -0.25) is 0 Å². The van der Waals surface area contributed by atoms with Gasteiger partial charge < -0.3 is 4.90 Å². The molecule has 0 unspecified atom stereocenters. The second-order valence-electron chi connectivity index (χ2n) is 6.35. The van der Waals surface area contributed by atoms with Crippen LogP contribution >= 0.6 is 15.9 Å². The molecule has 2 heteroatoms. The van der Waals surface area contributed by atoms with Gasteiger partial charge in [-0.25, -0.2) is 0 Å². The van der Waals surface area contributed by atoms with E-state index in [9.17, 15) is 0 Å². The lowest BCUT2D eigenvalue weighted by atomic mass is 10.0. The van der Waals surface area contributed by atoms with Crippen molar-refractivity contribution in [1.82, 2.24) is 0 Å². The Morgan fingerprint density at radius 2 is 1.57 bits per heavy atom. The highest BCUT2D eigenvalue weighted by Gasteiger charge is 2.27. The highest BCUT2D eigenvalue weighted by Crippen LogP contribution is 2.45. The van der Waals surface area contributed by atoms with Crippen LogP contribution in [0.3, 0.4) is 0 Å². The van der Waals surface area contributed by atoms with Crippen LogP contribution in [-0.2, 0) is 6.42 Å². The predicted molar refractivity (Wildman–Crippen MR) is 95.1 cm³/mol. The summed E-state index contributed by atoms with van der Waals surface area (Å²) in [6.07, 6.45) is 1.04. The Morgan fingerprint density at radius 3 is 2.24 bits per heavy atom. The maximum Gasteiger partial charge on any atom is 0.0557 e. The van der Waals surface area contributed by atoms with Crippen LogP contribution in [-0.4, -0.2) is 12.1 Å². The van der Waals surface area contributed by atoms with Crippen molar-refractivity contribution in [2.24, 2.45) is 0 Å². The summed E-state index contributed by atoms with van der Waals surface area (Å²) in [6, 6.07) is 14.2. The fourth-order valence-electron chi connectivity index (χ4n) is 3.56. The van der Waals surface area contributed by atoms with Crippen LogP contribution < -0.4 is 4.90 Å². The van der Waals surface area contributed by atoms with E-state index in [2.05, 4.69) is 84.9 Å². The van der Waals surface area contributed by atoms with Crippen molar-refractivity contribution in [1.29, 1.82) is 0 Å². The predicted octanol–water partition coefficient (Wildman–Crippen LogP) is 5.64. The van der Waals surface area contributed by atoms with Gasteiger partial charge in [-0.2, -0.15) is 0 Å². The monoisotopic (exact) mass is 343 g/mol. The average molecular weight is 344 g/mol. The molecule has 1 aliphatic rings. The molecule has 0 spiro atoms. The first-order chi connectivity index (χ1) is 10.0. The Hall–Kier alpha value is -1.28. The van der Waals surface area contributed by atoms with Crippen molar-refractivity contribution in [3.63, 3.8) is 0 Å². The first-order valence-electron chi connectivity index (χ1n) is 7.68. The van der Waals surface area contributed by atoms with Gasteiger partial charge in [0.25, 0.3) is 0 Å². The van der Waals surface area contributed by atoms with E-state index in [1.807, 2.05) is 0 Å². The summed E-state index contributed by atoms with van der Waals surface area (Å²) in [5, 5.41) is 0. The maximum absolute atomic E-state index is 3.79. The van der Waals surface area contributed by atoms with Gasteiger partial charge in [-0.05, 0) is 71.9 Å². The molecule has 0 saturated heterocycles. The third-order valence-electron chi connectivity index (χ3n) is 4.28. The highest BCUT2D eigenvalue weighted by molar-refractivity contribution is 9.10. The molecule has 2 aromatic carbocycles. The van der Waals surface area contributed by atoms with Crippen LogP contribution in [0.15, 0.2) is 40.9 Å². The van der Waals surface area contributed by atoms with Gasteiger partial charge in [-0.1, -0.05) is 30.3 Å². The molecule has 110 valence electrons.